The number of ether oxygens (including phenoxy) is 10. The topological polar surface area (TPSA) is 168 Å². The molecule has 4 aromatic rings. The van der Waals surface area contributed by atoms with Crippen LogP contribution >= 0.6 is 0 Å². The van der Waals surface area contributed by atoms with E-state index in [9.17, 15) is 15.0 Å². The Hall–Kier alpha value is -4.32. The fourth-order valence-electron chi connectivity index (χ4n) is 14.1. The monoisotopic (exact) mass is 1280 g/mol. The van der Waals surface area contributed by atoms with Crippen molar-refractivity contribution in [1.82, 2.24) is 0 Å². The summed E-state index contributed by atoms with van der Waals surface area (Å²) < 4.78 is 79.9. The number of methoxy groups -OCH3 is 3. The summed E-state index contributed by atoms with van der Waals surface area (Å²) in [7, 11) is -0.214. The van der Waals surface area contributed by atoms with Crippen molar-refractivity contribution in [2.24, 2.45) is 11.8 Å². The predicted octanol–water partition coefficient (Wildman–Crippen LogP) is 12.9. The molecule has 0 amide bonds. The quantitative estimate of drug-likeness (QED) is 0.0250. The van der Waals surface area contributed by atoms with E-state index in [0.717, 1.165) is 28.2 Å². The molecule has 2 spiro atoms. The van der Waals surface area contributed by atoms with Gasteiger partial charge in [-0.1, -0.05) is 152 Å². The number of esters is 1. The van der Waals surface area contributed by atoms with Gasteiger partial charge in [-0.3, -0.25) is 4.79 Å². The van der Waals surface area contributed by atoms with Crippen LogP contribution in [0, 0.1) is 11.8 Å². The molecule has 0 bridgehead atoms. The molecule has 0 radical (unpaired) electrons. The Kier molecular flexibility index (Phi) is 24.2. The highest BCUT2D eigenvalue weighted by Gasteiger charge is 2.56. The minimum absolute atomic E-state index is 0.0390. The van der Waals surface area contributed by atoms with E-state index < -0.39 is 76.2 Å². The van der Waals surface area contributed by atoms with Crippen LogP contribution < -0.4 is 19.8 Å². The molecule has 17 heteroatoms. The predicted molar refractivity (Wildman–Crippen MR) is 356 cm³/mol. The van der Waals surface area contributed by atoms with Gasteiger partial charge in [-0.15, -0.1) is 0 Å². The first kappa shape index (κ1) is 71.5. The van der Waals surface area contributed by atoms with Gasteiger partial charge in [0.15, 0.2) is 19.9 Å². The molecule has 4 aromatic carbocycles. The Labute approximate surface area is 540 Å². The molecule has 4 fully saturated rings. The third kappa shape index (κ3) is 18.3. The highest BCUT2D eigenvalue weighted by atomic mass is 28.4. The Morgan fingerprint density at radius 1 is 0.678 bits per heavy atom. The third-order valence-electron chi connectivity index (χ3n) is 19.8. The Bertz CT molecular complexity index is 2840. The van der Waals surface area contributed by atoms with Crippen LogP contribution in [0.25, 0.3) is 0 Å². The first-order valence-electron chi connectivity index (χ1n) is 32.9. The summed E-state index contributed by atoms with van der Waals surface area (Å²) in [6.45, 7) is 31.7. The first-order chi connectivity index (χ1) is 42.5. The molecular formula is C73H108O15Si2. The molecule has 4 heterocycles. The van der Waals surface area contributed by atoms with Crippen LogP contribution in [0.4, 0.5) is 0 Å². The lowest BCUT2D eigenvalue weighted by molar-refractivity contribution is -0.350. The molecule has 14 atom stereocenters. The number of carbonyl (C=O) groups excluding carboxylic acids is 1. The molecule has 0 aromatic heterocycles. The molecule has 90 heavy (non-hydrogen) atoms. The van der Waals surface area contributed by atoms with Gasteiger partial charge in [-0.05, 0) is 88.7 Å². The molecule has 4 aliphatic rings. The van der Waals surface area contributed by atoms with Crippen molar-refractivity contribution in [1.29, 1.82) is 0 Å². The SMILES string of the molecule is C=C(C[C@H]1C[C@](C)(O)C[C@@]2(C[C@@H](OC(C)=O)C[C@H](CCOCc3ccc(OC)cc3)O2)O1)[C@H](C)[C@@H](O)[C@H](C)[C@H](C[C@@H]1C[C@H](OC)C[C@]2(C[C@@H](O[Si](C)(C)C(C)(C)C)C[C@H](CO[Si](c3ccccc3)(c3ccccc3)C(C)(C)C)O2)O1)OCc1ccc(OC)cc1. The molecule has 498 valence electrons. The van der Waals surface area contributed by atoms with Crippen molar-refractivity contribution in [2.45, 2.75) is 248 Å². The van der Waals surface area contributed by atoms with E-state index in [1.807, 2.05) is 62.4 Å². The molecule has 0 unspecified atom stereocenters. The zero-order chi connectivity index (χ0) is 65.3. The van der Waals surface area contributed by atoms with E-state index in [-0.39, 0.29) is 59.9 Å². The van der Waals surface area contributed by atoms with Crippen LogP contribution in [0.1, 0.15) is 151 Å². The van der Waals surface area contributed by atoms with Crippen molar-refractivity contribution < 1.29 is 71.2 Å². The number of benzene rings is 4. The Morgan fingerprint density at radius 3 is 1.76 bits per heavy atom. The molecule has 15 nitrogen and oxygen atoms in total. The number of hydrogen-bond donors (Lipinski definition) is 2. The molecule has 4 saturated heterocycles. The van der Waals surface area contributed by atoms with Gasteiger partial charge in [0.05, 0.1) is 88.5 Å². The lowest BCUT2D eigenvalue weighted by atomic mass is 9.78. The standard InChI is InChI=1S/C73H108O15Si2/c1-50(37-62-42-71(11,76)49-73(86-62)44-61(83-53(4)74)38-58(84-73)35-36-80-46-54-27-31-56(77-12)32-28-54)51(2)68(75)52(3)67(81-47-55-29-33-57(78-13)34-30-55)41-59-39-60(79-14)43-72(85-59)45-63(88-89(15,16)69(5,6)7)40-64(87-72)48-82-90(70(8,9)10,65-23-19-17-20-24-65)66-25-21-18-22-26-66/h17-34,51-52,58-64,67-68,75-76H,1,35-49H2,2-16H3/t51-,52+,58-,59-,60-,61-,62-,63-,64+,67-,68+,71-,72-,73+/m0/s1. The molecule has 8 rings (SSSR count). The van der Waals surface area contributed by atoms with E-state index in [2.05, 4.69) is 122 Å². The average Bonchev–Trinajstić information content (AvgIpc) is 0.773. The van der Waals surface area contributed by atoms with Crippen LogP contribution in [0.5, 0.6) is 11.5 Å². The zero-order valence-corrected chi connectivity index (χ0v) is 58.8. The maximum Gasteiger partial charge on any atom is 0.302 e. The second-order valence-corrected chi connectivity index (χ2v) is 38.2. The largest absolute Gasteiger partial charge is 0.497 e. The highest BCUT2D eigenvalue weighted by Crippen LogP contribution is 2.49. The van der Waals surface area contributed by atoms with E-state index >= 15 is 0 Å². The van der Waals surface area contributed by atoms with Crippen LogP contribution in [-0.4, -0.2) is 139 Å². The zero-order valence-electron chi connectivity index (χ0n) is 56.8. The number of carbonyl (C=O) groups is 1. The normalized spacial score (nSPS) is 28.2. The molecule has 4 aliphatic heterocycles. The molecular weight excluding hydrogens is 1170 g/mol. The van der Waals surface area contributed by atoms with Gasteiger partial charge in [0.1, 0.15) is 17.6 Å². The summed E-state index contributed by atoms with van der Waals surface area (Å²) in [5.74, 6) is -2.04. The first-order valence-corrected chi connectivity index (χ1v) is 37.7. The van der Waals surface area contributed by atoms with Gasteiger partial charge >= 0.3 is 5.97 Å². The summed E-state index contributed by atoms with van der Waals surface area (Å²) in [5, 5.41) is 26.9. The van der Waals surface area contributed by atoms with E-state index in [1.54, 1.807) is 28.3 Å². The third-order valence-corrected chi connectivity index (χ3v) is 29.3. The van der Waals surface area contributed by atoms with Gasteiger partial charge in [0, 0.05) is 90.3 Å². The van der Waals surface area contributed by atoms with Gasteiger partial charge in [-0.25, -0.2) is 0 Å². The summed E-state index contributed by atoms with van der Waals surface area (Å²) in [4.78, 5) is 12.5. The second kappa shape index (κ2) is 30.4. The second-order valence-electron chi connectivity index (χ2n) is 29.2. The molecule has 0 saturated carbocycles. The lowest BCUT2D eigenvalue weighted by Gasteiger charge is -2.52. The lowest BCUT2D eigenvalue weighted by Crippen LogP contribution is -2.67. The van der Waals surface area contributed by atoms with Crippen molar-refractivity contribution >= 4 is 33.0 Å². The summed E-state index contributed by atoms with van der Waals surface area (Å²) >= 11 is 0. The van der Waals surface area contributed by atoms with Gasteiger partial charge < -0.3 is 66.4 Å². The number of rotatable bonds is 27. The van der Waals surface area contributed by atoms with Gasteiger partial charge in [0.2, 0.25) is 0 Å². The van der Waals surface area contributed by atoms with E-state index in [4.69, 9.17) is 56.2 Å². The number of aliphatic hydroxyl groups excluding tert-OH is 1. The van der Waals surface area contributed by atoms with Crippen LogP contribution in [0.3, 0.4) is 0 Å². The van der Waals surface area contributed by atoms with Crippen molar-refractivity contribution in [3.63, 3.8) is 0 Å². The molecule has 0 aliphatic carbocycles. The van der Waals surface area contributed by atoms with Gasteiger partial charge in [-0.2, -0.15) is 0 Å². The Balaban J connectivity index is 1.02. The van der Waals surface area contributed by atoms with E-state index in [1.165, 1.54) is 17.3 Å². The summed E-state index contributed by atoms with van der Waals surface area (Å²) in [5.41, 5.74) is 1.55. The van der Waals surface area contributed by atoms with Gasteiger partial charge in [0.25, 0.3) is 8.32 Å². The van der Waals surface area contributed by atoms with Crippen molar-refractivity contribution in [3.8, 4) is 11.5 Å². The van der Waals surface area contributed by atoms with Crippen LogP contribution in [0.2, 0.25) is 23.2 Å². The fraction of sp³-hybridized carbons (Fsp3) is 0.630. The summed E-state index contributed by atoms with van der Waals surface area (Å²) in [6, 6.07) is 37.1. The van der Waals surface area contributed by atoms with Crippen LogP contribution in [0.15, 0.2) is 121 Å². The minimum atomic E-state index is -2.96. The Morgan fingerprint density at radius 2 is 1.20 bits per heavy atom. The average molecular weight is 1280 g/mol. The van der Waals surface area contributed by atoms with Crippen molar-refractivity contribution in [2.75, 3.05) is 34.5 Å². The smallest absolute Gasteiger partial charge is 0.302 e. The summed E-state index contributed by atoms with van der Waals surface area (Å²) in [6.07, 6.45) is 0.840. The van der Waals surface area contributed by atoms with Crippen molar-refractivity contribution in [3.05, 3.63) is 132 Å². The fourth-order valence-corrected chi connectivity index (χ4v) is 20.1. The number of aliphatic hydroxyl groups is 2. The molecule has 2 N–H and O–H groups in total. The maximum atomic E-state index is 12.7. The van der Waals surface area contributed by atoms with E-state index in [0.29, 0.717) is 77.6 Å². The number of hydrogen-bond acceptors (Lipinski definition) is 15. The maximum absolute atomic E-state index is 12.7. The van der Waals surface area contributed by atoms with Crippen LogP contribution in [-0.2, 0) is 64.8 Å². The highest BCUT2D eigenvalue weighted by molar-refractivity contribution is 6.99. The minimum Gasteiger partial charge on any atom is -0.497 e.